The van der Waals surface area contributed by atoms with Crippen molar-refractivity contribution in [2.75, 3.05) is 12.3 Å². The van der Waals surface area contributed by atoms with Crippen LogP contribution in [0.3, 0.4) is 0 Å². The number of benzene rings is 1. The molecular weight excluding hydrogens is 280 g/mol. The normalized spacial score (nSPS) is 16.1. The zero-order chi connectivity index (χ0) is 14.4. The number of carbonyl (C=O) groups excluding carboxylic acids is 1. The number of rotatable bonds is 5. The highest BCUT2D eigenvalue weighted by Crippen LogP contribution is 2.23. The minimum absolute atomic E-state index is 0.0506. The highest BCUT2D eigenvalue weighted by molar-refractivity contribution is 8.00. The minimum atomic E-state index is -0.877. The Balaban J connectivity index is 1.70. The first kappa shape index (κ1) is 15.3. The van der Waals surface area contributed by atoms with Gasteiger partial charge in [-0.15, -0.1) is 11.8 Å². The van der Waals surface area contributed by atoms with Gasteiger partial charge in [0.1, 0.15) is 0 Å². The fourth-order valence-electron chi connectivity index (χ4n) is 2.42. The highest BCUT2D eigenvalue weighted by Gasteiger charge is 2.14. The lowest BCUT2D eigenvalue weighted by molar-refractivity contribution is -0.118. The van der Waals surface area contributed by atoms with Crippen LogP contribution in [-0.4, -0.2) is 18.2 Å². The third-order valence-corrected chi connectivity index (χ3v) is 4.57. The standard InChI is InChI=1S/C15H19F2NOS/c16-13-7-6-12(8-14(13)17)20-10-15(19)18-9-11-4-2-1-3-5-11/h6-8,11H,1-5,9-10H2,(H,18,19). The quantitative estimate of drug-likeness (QED) is 0.839. The van der Waals surface area contributed by atoms with Crippen LogP contribution in [0.4, 0.5) is 8.78 Å². The molecule has 0 spiro atoms. The third-order valence-electron chi connectivity index (χ3n) is 3.57. The van der Waals surface area contributed by atoms with Gasteiger partial charge in [0.2, 0.25) is 5.91 Å². The first-order valence-electron chi connectivity index (χ1n) is 6.99. The molecule has 0 unspecified atom stereocenters. The van der Waals surface area contributed by atoms with Gasteiger partial charge in [0.15, 0.2) is 11.6 Å². The Labute approximate surface area is 122 Å². The second kappa shape index (κ2) is 7.62. The van der Waals surface area contributed by atoms with Gasteiger partial charge in [-0.2, -0.15) is 0 Å². The summed E-state index contributed by atoms with van der Waals surface area (Å²) in [5.74, 6) is -0.961. The van der Waals surface area contributed by atoms with E-state index < -0.39 is 11.6 Å². The van der Waals surface area contributed by atoms with Crippen LogP contribution in [0.15, 0.2) is 23.1 Å². The summed E-state index contributed by atoms with van der Waals surface area (Å²) in [4.78, 5) is 12.3. The monoisotopic (exact) mass is 299 g/mol. The summed E-state index contributed by atoms with van der Waals surface area (Å²) in [6.45, 7) is 0.733. The number of halogens is 2. The Morgan fingerprint density at radius 3 is 2.65 bits per heavy atom. The summed E-state index contributed by atoms with van der Waals surface area (Å²) in [5.41, 5.74) is 0. The molecule has 5 heteroatoms. The lowest BCUT2D eigenvalue weighted by Crippen LogP contribution is -2.31. The smallest absolute Gasteiger partial charge is 0.230 e. The Morgan fingerprint density at radius 2 is 1.95 bits per heavy atom. The van der Waals surface area contributed by atoms with E-state index in [1.165, 1.54) is 49.9 Å². The van der Waals surface area contributed by atoms with Crippen molar-refractivity contribution in [2.24, 2.45) is 5.92 Å². The Bertz CT molecular complexity index is 461. The Morgan fingerprint density at radius 1 is 1.20 bits per heavy atom. The topological polar surface area (TPSA) is 29.1 Å². The number of nitrogens with one attached hydrogen (secondary N) is 1. The van der Waals surface area contributed by atoms with Crippen molar-refractivity contribution in [3.8, 4) is 0 Å². The maximum absolute atomic E-state index is 13.0. The molecule has 1 fully saturated rings. The molecule has 0 saturated heterocycles. The van der Waals surface area contributed by atoms with E-state index in [1.54, 1.807) is 0 Å². The molecule has 1 amide bonds. The average molecular weight is 299 g/mol. The van der Waals surface area contributed by atoms with Crippen molar-refractivity contribution in [1.29, 1.82) is 0 Å². The molecular formula is C15H19F2NOS. The average Bonchev–Trinajstić information content (AvgIpc) is 2.47. The number of hydrogen-bond donors (Lipinski definition) is 1. The van der Waals surface area contributed by atoms with Gasteiger partial charge in [-0.3, -0.25) is 4.79 Å². The van der Waals surface area contributed by atoms with Crippen LogP contribution in [0.2, 0.25) is 0 Å². The molecule has 1 aliphatic carbocycles. The van der Waals surface area contributed by atoms with E-state index in [0.29, 0.717) is 10.8 Å². The largest absolute Gasteiger partial charge is 0.355 e. The molecule has 1 saturated carbocycles. The van der Waals surface area contributed by atoms with Gasteiger partial charge in [-0.1, -0.05) is 19.3 Å². The summed E-state index contributed by atoms with van der Waals surface area (Å²) in [6, 6.07) is 3.68. The van der Waals surface area contributed by atoms with Gasteiger partial charge in [0.25, 0.3) is 0 Å². The van der Waals surface area contributed by atoms with Gasteiger partial charge >= 0.3 is 0 Å². The lowest BCUT2D eigenvalue weighted by atomic mass is 9.89. The van der Waals surface area contributed by atoms with Gasteiger partial charge < -0.3 is 5.32 Å². The number of thioether (sulfide) groups is 1. The number of amides is 1. The van der Waals surface area contributed by atoms with Crippen molar-refractivity contribution in [3.63, 3.8) is 0 Å². The van der Waals surface area contributed by atoms with Crippen LogP contribution in [0, 0.1) is 17.6 Å². The molecule has 0 heterocycles. The predicted molar refractivity (Wildman–Crippen MR) is 76.7 cm³/mol. The first-order chi connectivity index (χ1) is 9.65. The van der Waals surface area contributed by atoms with Crippen molar-refractivity contribution in [2.45, 2.75) is 37.0 Å². The first-order valence-corrected chi connectivity index (χ1v) is 7.98. The van der Waals surface area contributed by atoms with Crippen molar-refractivity contribution >= 4 is 17.7 Å². The molecule has 0 atom stereocenters. The van der Waals surface area contributed by atoms with Crippen LogP contribution in [-0.2, 0) is 4.79 Å². The van der Waals surface area contributed by atoms with Crippen molar-refractivity contribution in [3.05, 3.63) is 29.8 Å². The van der Waals surface area contributed by atoms with Gasteiger partial charge in [-0.05, 0) is 37.0 Å². The molecule has 1 N–H and O–H groups in total. The van der Waals surface area contributed by atoms with Crippen LogP contribution >= 0.6 is 11.8 Å². The van der Waals surface area contributed by atoms with Crippen molar-refractivity contribution in [1.82, 2.24) is 5.32 Å². The summed E-state index contributed by atoms with van der Waals surface area (Å²) in [6.07, 6.45) is 6.19. The minimum Gasteiger partial charge on any atom is -0.355 e. The van der Waals surface area contributed by atoms with E-state index in [4.69, 9.17) is 0 Å². The zero-order valence-electron chi connectivity index (χ0n) is 11.3. The molecule has 2 nitrogen and oxygen atoms in total. The Kier molecular flexibility index (Phi) is 5.83. The molecule has 0 bridgehead atoms. The van der Waals surface area contributed by atoms with E-state index in [1.807, 2.05) is 0 Å². The molecule has 2 rings (SSSR count). The molecule has 1 aromatic carbocycles. The van der Waals surface area contributed by atoms with Gasteiger partial charge in [0, 0.05) is 11.4 Å². The fraction of sp³-hybridized carbons (Fsp3) is 0.533. The predicted octanol–water partition coefficient (Wildman–Crippen LogP) is 3.75. The maximum atomic E-state index is 13.0. The van der Waals surface area contributed by atoms with E-state index in [9.17, 15) is 13.6 Å². The second-order valence-corrected chi connectivity index (χ2v) is 6.22. The van der Waals surface area contributed by atoms with Gasteiger partial charge in [-0.25, -0.2) is 8.78 Å². The summed E-state index contributed by atoms with van der Waals surface area (Å²) in [5, 5.41) is 2.92. The van der Waals surface area contributed by atoms with Crippen LogP contribution in [0.25, 0.3) is 0 Å². The SMILES string of the molecule is O=C(CSc1ccc(F)c(F)c1)NCC1CCCCC1. The van der Waals surface area contributed by atoms with E-state index in [0.717, 1.165) is 18.7 Å². The highest BCUT2D eigenvalue weighted by atomic mass is 32.2. The van der Waals surface area contributed by atoms with E-state index in [2.05, 4.69) is 5.32 Å². The lowest BCUT2D eigenvalue weighted by Gasteiger charge is -2.21. The zero-order valence-corrected chi connectivity index (χ0v) is 12.1. The van der Waals surface area contributed by atoms with Crippen LogP contribution in [0.5, 0.6) is 0 Å². The molecule has 110 valence electrons. The molecule has 0 radical (unpaired) electrons. The Hall–Kier alpha value is -1.10. The summed E-state index contributed by atoms with van der Waals surface area (Å²) in [7, 11) is 0. The third kappa shape index (κ3) is 4.78. The van der Waals surface area contributed by atoms with Crippen LogP contribution in [0.1, 0.15) is 32.1 Å². The summed E-state index contributed by atoms with van der Waals surface area (Å²) >= 11 is 1.22. The van der Waals surface area contributed by atoms with Crippen LogP contribution < -0.4 is 5.32 Å². The molecule has 0 aromatic heterocycles. The number of carbonyl (C=O) groups is 1. The molecule has 20 heavy (non-hydrogen) atoms. The second-order valence-electron chi connectivity index (χ2n) is 5.17. The number of hydrogen-bond acceptors (Lipinski definition) is 2. The van der Waals surface area contributed by atoms with Gasteiger partial charge in [0.05, 0.1) is 5.75 Å². The maximum Gasteiger partial charge on any atom is 0.230 e. The van der Waals surface area contributed by atoms with E-state index >= 15 is 0 Å². The van der Waals surface area contributed by atoms with Crippen molar-refractivity contribution < 1.29 is 13.6 Å². The summed E-state index contributed by atoms with van der Waals surface area (Å²) < 4.78 is 25.8. The molecule has 0 aliphatic heterocycles. The molecule has 1 aromatic rings. The fourth-order valence-corrected chi connectivity index (χ4v) is 3.17. The molecule has 1 aliphatic rings. The van der Waals surface area contributed by atoms with E-state index in [-0.39, 0.29) is 11.7 Å².